The summed E-state index contributed by atoms with van der Waals surface area (Å²) in [6.45, 7) is 0. The minimum absolute atomic E-state index is 0.113. The van der Waals surface area contributed by atoms with E-state index in [1.807, 2.05) is 0 Å². The predicted molar refractivity (Wildman–Crippen MR) is 141 cm³/mol. The number of carbonyl (C=O) groups is 2. The Kier molecular flexibility index (Phi) is 7.17. The van der Waals surface area contributed by atoms with Gasteiger partial charge >= 0.3 is 0 Å². The zero-order chi connectivity index (χ0) is 23.5. The molecule has 166 valence electrons. The van der Waals surface area contributed by atoms with Crippen molar-refractivity contribution in [3.8, 4) is 0 Å². The summed E-state index contributed by atoms with van der Waals surface area (Å²) in [5.41, 5.74) is 1.68. The Morgan fingerprint density at radius 1 is 0.788 bits per heavy atom. The van der Waals surface area contributed by atoms with E-state index >= 15 is 0 Å². The van der Waals surface area contributed by atoms with Crippen molar-refractivity contribution in [1.82, 2.24) is 5.32 Å². The van der Waals surface area contributed by atoms with Crippen LogP contribution in [0.15, 0.2) is 66.7 Å². The van der Waals surface area contributed by atoms with Crippen LogP contribution in [0.25, 0.3) is 10.1 Å². The summed E-state index contributed by atoms with van der Waals surface area (Å²) in [5.74, 6) is -0.692. The van der Waals surface area contributed by atoms with Gasteiger partial charge in [0.2, 0.25) is 0 Å². The zero-order valence-electron chi connectivity index (χ0n) is 16.6. The van der Waals surface area contributed by atoms with E-state index in [1.54, 1.807) is 66.7 Å². The zero-order valence-corrected chi connectivity index (χ0v) is 20.5. The molecule has 0 fully saturated rings. The number of anilines is 2. The van der Waals surface area contributed by atoms with E-state index in [4.69, 9.17) is 47.0 Å². The average molecular weight is 535 g/mol. The van der Waals surface area contributed by atoms with E-state index in [1.165, 1.54) is 11.3 Å². The summed E-state index contributed by atoms with van der Waals surface area (Å²) in [6.07, 6.45) is 0. The second-order valence-corrected chi connectivity index (χ2v) is 9.55. The van der Waals surface area contributed by atoms with Crippen LogP contribution >= 0.6 is 58.4 Å². The number of fused-ring (bicyclic) bond motifs is 1. The number of rotatable bonds is 4. The largest absolute Gasteiger partial charge is 0.332 e. The van der Waals surface area contributed by atoms with Gasteiger partial charge in [0.05, 0.1) is 5.02 Å². The number of hydrogen-bond donors (Lipinski definition) is 3. The molecule has 3 N–H and O–H groups in total. The van der Waals surface area contributed by atoms with Crippen LogP contribution in [0.3, 0.4) is 0 Å². The molecule has 0 radical (unpaired) electrons. The van der Waals surface area contributed by atoms with Crippen molar-refractivity contribution in [1.29, 1.82) is 0 Å². The fourth-order valence-corrected chi connectivity index (χ4v) is 5.07. The van der Waals surface area contributed by atoms with Gasteiger partial charge in [0.15, 0.2) is 5.11 Å². The van der Waals surface area contributed by atoms with Crippen LogP contribution in [0, 0.1) is 0 Å². The van der Waals surface area contributed by atoms with Crippen molar-refractivity contribution in [2.45, 2.75) is 0 Å². The number of thiophene rings is 1. The lowest BCUT2D eigenvalue weighted by Crippen LogP contribution is -2.33. The van der Waals surface area contributed by atoms with E-state index in [0.717, 1.165) is 10.1 Å². The normalized spacial score (nSPS) is 10.6. The molecular weight excluding hydrogens is 521 g/mol. The minimum atomic E-state index is -0.416. The SMILES string of the molecule is O=C(Nc1ccc(NC(=S)NC(=O)c2sc3cc(Cl)ccc3c2Cl)cc1)c1cccc(Cl)c1. The van der Waals surface area contributed by atoms with E-state index < -0.39 is 5.91 Å². The Balaban J connectivity index is 1.37. The number of thiocarbonyl (C=S) groups is 1. The molecule has 0 bridgehead atoms. The third kappa shape index (κ3) is 5.63. The smallest absolute Gasteiger partial charge is 0.269 e. The topological polar surface area (TPSA) is 70.2 Å². The predicted octanol–water partition coefficient (Wildman–Crippen LogP) is 7.24. The van der Waals surface area contributed by atoms with Crippen molar-refractivity contribution in [3.05, 3.63) is 92.2 Å². The van der Waals surface area contributed by atoms with Gasteiger partial charge in [-0.1, -0.05) is 46.9 Å². The third-order valence-corrected chi connectivity index (χ3v) is 6.84. The lowest BCUT2D eigenvalue weighted by atomic mass is 10.2. The maximum absolute atomic E-state index is 12.7. The number of benzene rings is 3. The van der Waals surface area contributed by atoms with Crippen LogP contribution in [0.2, 0.25) is 15.1 Å². The molecule has 0 unspecified atom stereocenters. The Labute approximate surface area is 213 Å². The fraction of sp³-hybridized carbons (Fsp3) is 0. The first-order chi connectivity index (χ1) is 15.8. The third-order valence-electron chi connectivity index (χ3n) is 4.51. The van der Waals surface area contributed by atoms with Crippen LogP contribution < -0.4 is 16.0 Å². The highest BCUT2D eigenvalue weighted by molar-refractivity contribution is 7.80. The summed E-state index contributed by atoms with van der Waals surface area (Å²) in [6, 6.07) is 18.8. The summed E-state index contributed by atoms with van der Waals surface area (Å²) in [7, 11) is 0. The molecule has 5 nitrogen and oxygen atoms in total. The molecule has 10 heteroatoms. The summed E-state index contributed by atoms with van der Waals surface area (Å²) in [4.78, 5) is 25.3. The van der Waals surface area contributed by atoms with Gasteiger partial charge in [-0.3, -0.25) is 14.9 Å². The lowest BCUT2D eigenvalue weighted by Gasteiger charge is -2.10. The molecule has 0 saturated carbocycles. The van der Waals surface area contributed by atoms with E-state index in [9.17, 15) is 9.59 Å². The van der Waals surface area contributed by atoms with Crippen molar-refractivity contribution in [2.75, 3.05) is 10.6 Å². The Hall–Kier alpha value is -2.68. The average Bonchev–Trinajstić information content (AvgIpc) is 3.10. The van der Waals surface area contributed by atoms with Crippen LogP contribution in [-0.4, -0.2) is 16.9 Å². The minimum Gasteiger partial charge on any atom is -0.332 e. The van der Waals surface area contributed by atoms with Crippen LogP contribution in [-0.2, 0) is 0 Å². The van der Waals surface area contributed by atoms with Crippen molar-refractivity contribution < 1.29 is 9.59 Å². The highest BCUT2D eigenvalue weighted by Crippen LogP contribution is 2.36. The number of hydrogen-bond acceptors (Lipinski definition) is 4. The van der Waals surface area contributed by atoms with E-state index in [0.29, 0.717) is 36.9 Å². The monoisotopic (exact) mass is 533 g/mol. The van der Waals surface area contributed by atoms with Gasteiger partial charge in [0, 0.05) is 37.1 Å². The second kappa shape index (κ2) is 10.1. The molecule has 1 aromatic heterocycles. The molecule has 0 aliphatic rings. The molecule has 2 amide bonds. The molecule has 4 aromatic rings. The molecule has 0 saturated heterocycles. The first kappa shape index (κ1) is 23.5. The first-order valence-corrected chi connectivity index (χ1v) is 11.8. The van der Waals surface area contributed by atoms with Gasteiger partial charge < -0.3 is 10.6 Å². The molecule has 0 atom stereocenters. The standard InChI is InChI=1S/C23H14Cl3N3O2S2/c24-13-3-1-2-12(10-13)21(30)27-15-5-7-16(8-6-15)28-23(32)29-22(31)20-19(26)17-9-4-14(25)11-18(17)33-20/h1-11H,(H,27,30)(H2,28,29,31,32). The van der Waals surface area contributed by atoms with E-state index in [2.05, 4.69) is 16.0 Å². The molecule has 3 aromatic carbocycles. The molecule has 4 rings (SSSR count). The van der Waals surface area contributed by atoms with Gasteiger partial charge in [0.1, 0.15) is 4.88 Å². The summed E-state index contributed by atoms with van der Waals surface area (Å²) < 4.78 is 0.812. The summed E-state index contributed by atoms with van der Waals surface area (Å²) >= 11 is 24.8. The molecule has 0 aliphatic heterocycles. The molecular formula is C23H14Cl3N3O2S2. The molecule has 33 heavy (non-hydrogen) atoms. The number of nitrogens with one attached hydrogen (secondary N) is 3. The van der Waals surface area contributed by atoms with Gasteiger partial charge in [-0.05, 0) is 66.8 Å². The van der Waals surface area contributed by atoms with Gasteiger partial charge in [0.25, 0.3) is 11.8 Å². The Bertz CT molecular complexity index is 1390. The van der Waals surface area contributed by atoms with Crippen LogP contribution in [0.1, 0.15) is 20.0 Å². The van der Waals surface area contributed by atoms with Crippen LogP contribution in [0.4, 0.5) is 11.4 Å². The highest BCUT2D eigenvalue weighted by atomic mass is 35.5. The fourth-order valence-electron chi connectivity index (χ4n) is 2.98. The quantitative estimate of drug-likeness (QED) is 0.241. The van der Waals surface area contributed by atoms with Crippen molar-refractivity contribution in [3.63, 3.8) is 0 Å². The molecule has 1 heterocycles. The van der Waals surface area contributed by atoms with E-state index in [-0.39, 0.29) is 11.0 Å². The highest BCUT2D eigenvalue weighted by Gasteiger charge is 2.18. The van der Waals surface area contributed by atoms with Crippen molar-refractivity contribution >= 4 is 96.7 Å². The number of halogens is 3. The second-order valence-electron chi connectivity index (χ2n) is 6.84. The van der Waals surface area contributed by atoms with Gasteiger partial charge in [-0.25, -0.2) is 0 Å². The van der Waals surface area contributed by atoms with Gasteiger partial charge in [-0.2, -0.15) is 0 Å². The number of carbonyl (C=O) groups excluding carboxylic acids is 2. The summed E-state index contributed by atoms with van der Waals surface area (Å²) in [5, 5.41) is 10.6. The molecule has 0 spiro atoms. The van der Waals surface area contributed by atoms with Crippen molar-refractivity contribution in [2.24, 2.45) is 0 Å². The first-order valence-electron chi connectivity index (χ1n) is 9.47. The Morgan fingerprint density at radius 2 is 1.45 bits per heavy atom. The lowest BCUT2D eigenvalue weighted by molar-refractivity contribution is 0.0980. The van der Waals surface area contributed by atoms with Gasteiger partial charge in [-0.15, -0.1) is 11.3 Å². The maximum atomic E-state index is 12.7. The Morgan fingerprint density at radius 3 is 2.15 bits per heavy atom. The maximum Gasteiger partial charge on any atom is 0.269 e. The van der Waals surface area contributed by atoms with Crippen LogP contribution in [0.5, 0.6) is 0 Å². The molecule has 0 aliphatic carbocycles. The number of amides is 2.